The number of carboxylic acid groups (broad SMARTS) is 1. The van der Waals surface area contributed by atoms with Gasteiger partial charge >= 0.3 is 24.9 Å². The zero-order valence-electron chi connectivity index (χ0n) is 2.36. The Hall–Kier alpha value is -0.100. The van der Waals surface area contributed by atoms with Gasteiger partial charge in [-0.05, 0) is 0 Å². The summed E-state index contributed by atoms with van der Waals surface area (Å²) >= 11 is 0. The van der Waals surface area contributed by atoms with Crippen molar-refractivity contribution < 1.29 is 9.90 Å². The maximum absolute atomic E-state index is 9.06. The second-order valence-electron chi connectivity index (χ2n) is 0.519. The molecular formula is CH5O2P. The van der Waals surface area contributed by atoms with E-state index in [4.69, 9.17) is 9.90 Å². The van der Waals surface area contributed by atoms with Crippen LogP contribution in [0.3, 0.4) is 0 Å². The fourth-order valence-electron chi connectivity index (χ4n) is 0. The first-order valence-electron chi connectivity index (χ1n) is 0.928. The Morgan fingerprint density at radius 2 is 2.00 bits per heavy atom. The van der Waals surface area contributed by atoms with Crippen LogP contribution in [0.5, 0.6) is 0 Å². The number of hydrogen-bond donors (Lipinski definition) is 1. The van der Waals surface area contributed by atoms with E-state index in [1.165, 1.54) is 0 Å². The molecule has 0 rings (SSSR count). The van der Waals surface area contributed by atoms with Gasteiger partial charge in [-0.2, -0.15) is 0 Å². The molecule has 0 fully saturated rings. The van der Waals surface area contributed by atoms with Gasteiger partial charge in [0.15, 0.2) is 0 Å². The first kappa shape index (κ1) is 3.90. The van der Waals surface area contributed by atoms with Crippen LogP contribution in [0.1, 0.15) is 0 Å². The summed E-state index contributed by atoms with van der Waals surface area (Å²) in [7, 11) is 0.265. The van der Waals surface area contributed by atoms with Crippen LogP contribution in [0.15, 0.2) is 0 Å². The number of carbonyl (C=O) groups is 1. The number of hydrogen-bond acceptors (Lipinski definition) is 1. The normalized spacial score (nSPS) is 6.50. The Morgan fingerprint density at radius 3 is 2.00 bits per heavy atom. The molecule has 0 saturated heterocycles. The fourth-order valence-corrected chi connectivity index (χ4v) is 0. The molecule has 0 aromatic carbocycles. The van der Waals surface area contributed by atoms with Crippen molar-refractivity contribution in [1.82, 2.24) is 0 Å². The third-order valence-corrected chi connectivity index (χ3v) is 0. The van der Waals surface area contributed by atoms with E-state index in [0.717, 1.165) is 0 Å². The van der Waals surface area contributed by atoms with Gasteiger partial charge in [0.05, 0.1) is 0 Å². The SMILES string of the molecule is O=C(O)[PH4]. The van der Waals surface area contributed by atoms with Crippen molar-refractivity contribution in [2.45, 2.75) is 0 Å². The van der Waals surface area contributed by atoms with E-state index in [1.807, 2.05) is 0 Å². The van der Waals surface area contributed by atoms with Gasteiger partial charge in [-0.1, -0.05) is 0 Å². The van der Waals surface area contributed by atoms with Crippen molar-refractivity contribution in [3.05, 3.63) is 0 Å². The van der Waals surface area contributed by atoms with E-state index >= 15 is 0 Å². The standard InChI is InChI=1S/CH5O2P/c2-1(3)4/h4H4,(H,2,3). The van der Waals surface area contributed by atoms with E-state index in [1.54, 1.807) is 0 Å². The van der Waals surface area contributed by atoms with Crippen molar-refractivity contribution in [2.24, 2.45) is 0 Å². The molecule has 0 aliphatic carbocycles. The van der Waals surface area contributed by atoms with Crippen LogP contribution >= 0.6 is 9.24 Å². The van der Waals surface area contributed by atoms with E-state index in [2.05, 4.69) is 0 Å². The second kappa shape index (κ2) is 1.24. The fraction of sp³-hybridized carbons (Fsp3) is 0. The average Bonchev–Trinajstić information content (AvgIpc) is 0.811. The molecule has 0 aliphatic rings. The second-order valence-corrected chi connectivity index (χ2v) is 1.37. The maximum atomic E-state index is 9.06. The Kier molecular flexibility index (Phi) is 1.21. The van der Waals surface area contributed by atoms with Crippen LogP contribution in [0, 0.1) is 0 Å². The van der Waals surface area contributed by atoms with Crippen molar-refractivity contribution in [3.8, 4) is 0 Å². The topological polar surface area (TPSA) is 37.3 Å². The van der Waals surface area contributed by atoms with Crippen LogP contribution in [0.2, 0.25) is 0 Å². The molecule has 2 nitrogen and oxygen atoms in total. The first-order valence-corrected chi connectivity index (χ1v) is 1.93. The summed E-state index contributed by atoms with van der Waals surface area (Å²) < 4.78 is 0. The van der Waals surface area contributed by atoms with Gasteiger partial charge in [-0.25, -0.2) is 0 Å². The van der Waals surface area contributed by atoms with Gasteiger partial charge in [0.2, 0.25) is 0 Å². The summed E-state index contributed by atoms with van der Waals surface area (Å²) in [5.74, 6) is 0. The molecule has 0 aromatic heterocycles. The van der Waals surface area contributed by atoms with E-state index < -0.39 is 5.71 Å². The van der Waals surface area contributed by atoms with Gasteiger partial charge in [0.25, 0.3) is 0 Å². The first-order chi connectivity index (χ1) is 1.73. The molecule has 0 amide bonds. The molecular weight excluding hydrogens is 75.0 g/mol. The molecule has 0 heterocycles. The monoisotopic (exact) mass is 80.0 g/mol. The van der Waals surface area contributed by atoms with Crippen LogP contribution in [0.4, 0.5) is 4.79 Å². The van der Waals surface area contributed by atoms with Gasteiger partial charge < -0.3 is 0 Å². The van der Waals surface area contributed by atoms with Gasteiger partial charge in [0.1, 0.15) is 0 Å². The summed E-state index contributed by atoms with van der Waals surface area (Å²) in [5.41, 5.74) is -0.694. The van der Waals surface area contributed by atoms with E-state index in [-0.39, 0.29) is 9.24 Å². The molecule has 0 bridgehead atoms. The van der Waals surface area contributed by atoms with E-state index in [9.17, 15) is 0 Å². The molecule has 0 aromatic rings. The van der Waals surface area contributed by atoms with Crippen LogP contribution in [0.25, 0.3) is 0 Å². The number of rotatable bonds is 0. The van der Waals surface area contributed by atoms with Crippen molar-refractivity contribution in [2.75, 3.05) is 0 Å². The van der Waals surface area contributed by atoms with Gasteiger partial charge in [-0.3, -0.25) is 0 Å². The molecule has 0 unspecified atom stereocenters. The average molecular weight is 80.0 g/mol. The Labute approximate surface area is 26.0 Å². The van der Waals surface area contributed by atoms with Gasteiger partial charge in [0, 0.05) is 0 Å². The zero-order chi connectivity index (χ0) is 3.58. The molecule has 0 aliphatic heterocycles. The summed E-state index contributed by atoms with van der Waals surface area (Å²) in [6.45, 7) is 0. The van der Waals surface area contributed by atoms with Crippen molar-refractivity contribution in [3.63, 3.8) is 0 Å². The molecule has 4 heavy (non-hydrogen) atoms. The quantitative estimate of drug-likeness (QED) is 0.416. The third kappa shape index (κ3) is 154. The molecule has 26 valence electrons. The zero-order valence-corrected chi connectivity index (χ0v) is 4.36. The van der Waals surface area contributed by atoms with Crippen LogP contribution < -0.4 is 0 Å². The molecule has 0 spiro atoms. The third-order valence-electron chi connectivity index (χ3n) is 0. The van der Waals surface area contributed by atoms with Gasteiger partial charge in [-0.15, -0.1) is 0 Å². The summed E-state index contributed by atoms with van der Waals surface area (Å²) in [6, 6.07) is 0. The summed E-state index contributed by atoms with van der Waals surface area (Å²) in [5, 5.41) is 7.48. The molecule has 0 saturated carbocycles. The van der Waals surface area contributed by atoms with E-state index in [0.29, 0.717) is 0 Å². The Balaban J connectivity index is 2.80. The summed E-state index contributed by atoms with van der Waals surface area (Å²) in [6.07, 6.45) is 0. The molecule has 3 heteroatoms. The molecule has 0 radical (unpaired) electrons. The van der Waals surface area contributed by atoms with Crippen LogP contribution in [-0.2, 0) is 0 Å². The predicted octanol–water partition coefficient (Wildman–Crippen LogP) is 0.00410. The Bertz CT molecular complexity index is 29.0. The minimum absolute atomic E-state index is 0.265. The predicted molar refractivity (Wildman–Crippen MR) is 20.5 cm³/mol. The summed E-state index contributed by atoms with van der Waals surface area (Å²) in [4.78, 5) is 9.06. The molecule has 0 atom stereocenters. The van der Waals surface area contributed by atoms with Crippen molar-refractivity contribution in [1.29, 1.82) is 0 Å². The minimum atomic E-state index is -0.694. The Morgan fingerprint density at radius 1 is 2.00 bits per heavy atom. The molecule has 1 N–H and O–H groups in total. The van der Waals surface area contributed by atoms with Crippen LogP contribution in [-0.4, -0.2) is 10.8 Å². The van der Waals surface area contributed by atoms with Crippen molar-refractivity contribution >= 4 is 15.0 Å².